The summed E-state index contributed by atoms with van der Waals surface area (Å²) in [7, 11) is -3.19. The summed E-state index contributed by atoms with van der Waals surface area (Å²) in [4.78, 5) is 25.4. The highest BCUT2D eigenvalue weighted by Gasteiger charge is 2.36. The highest BCUT2D eigenvalue weighted by molar-refractivity contribution is 9.10. The second kappa shape index (κ2) is 7.92. The molecule has 1 unspecified atom stereocenters. The van der Waals surface area contributed by atoms with Gasteiger partial charge >= 0.3 is 0 Å². The second-order valence-electron chi connectivity index (χ2n) is 6.48. The number of ketones is 1. The van der Waals surface area contributed by atoms with Crippen molar-refractivity contribution in [2.45, 2.75) is 49.5 Å². The number of sulfone groups is 1. The quantitative estimate of drug-likeness (QED) is 0.630. The van der Waals surface area contributed by atoms with Crippen LogP contribution in [0.3, 0.4) is 0 Å². The summed E-state index contributed by atoms with van der Waals surface area (Å²) >= 11 is 3.32. The maximum atomic E-state index is 12.7. The molecule has 0 radical (unpaired) electrons. The Bertz CT molecular complexity index is 896. The molecular formula is C18H20BrN3O3S. The van der Waals surface area contributed by atoms with Crippen LogP contribution in [-0.4, -0.2) is 34.4 Å². The molecule has 1 saturated carbocycles. The van der Waals surface area contributed by atoms with Crippen LogP contribution in [-0.2, 0) is 26.8 Å². The number of carbonyl (C=O) groups excluding carboxylic acids is 1. The maximum Gasteiger partial charge on any atom is 0.160 e. The van der Waals surface area contributed by atoms with Crippen molar-refractivity contribution in [1.82, 2.24) is 15.0 Å². The molecule has 0 amide bonds. The summed E-state index contributed by atoms with van der Waals surface area (Å²) in [5.74, 6) is -0.282. The molecule has 2 aromatic rings. The summed E-state index contributed by atoms with van der Waals surface area (Å²) in [6.07, 6.45) is 5.44. The number of nitrogens with zero attached hydrogens (tertiary/aromatic N) is 3. The second-order valence-corrected chi connectivity index (χ2v) is 9.67. The van der Waals surface area contributed by atoms with Crippen molar-refractivity contribution in [1.29, 1.82) is 0 Å². The maximum absolute atomic E-state index is 12.7. The first-order valence-corrected chi connectivity index (χ1v) is 11.1. The molecule has 0 N–H and O–H groups in total. The molecule has 6 nitrogen and oxygen atoms in total. The van der Waals surface area contributed by atoms with Gasteiger partial charge in [-0.05, 0) is 53.4 Å². The van der Waals surface area contributed by atoms with E-state index in [0.29, 0.717) is 17.8 Å². The van der Waals surface area contributed by atoms with E-state index >= 15 is 0 Å². The van der Waals surface area contributed by atoms with Gasteiger partial charge in [0.25, 0.3) is 0 Å². The zero-order valence-corrected chi connectivity index (χ0v) is 16.8. The fraction of sp³-hybridized carbons (Fsp3) is 0.444. The van der Waals surface area contributed by atoms with E-state index in [4.69, 9.17) is 0 Å². The first kappa shape index (κ1) is 19.1. The van der Waals surface area contributed by atoms with E-state index in [9.17, 15) is 13.2 Å². The summed E-state index contributed by atoms with van der Waals surface area (Å²) in [6, 6.07) is 5.35. The van der Waals surface area contributed by atoms with Gasteiger partial charge < -0.3 is 0 Å². The van der Waals surface area contributed by atoms with E-state index in [2.05, 4.69) is 30.9 Å². The lowest BCUT2D eigenvalue weighted by molar-refractivity contribution is -0.120. The van der Waals surface area contributed by atoms with Crippen LogP contribution in [0, 0.1) is 0 Å². The molecule has 2 aromatic heterocycles. The smallest absolute Gasteiger partial charge is 0.160 e. The Morgan fingerprint density at radius 3 is 2.65 bits per heavy atom. The average Bonchev–Trinajstić information content (AvgIpc) is 3.43. The van der Waals surface area contributed by atoms with Crippen molar-refractivity contribution >= 4 is 31.6 Å². The molecule has 1 fully saturated rings. The van der Waals surface area contributed by atoms with Gasteiger partial charge in [0.2, 0.25) is 0 Å². The van der Waals surface area contributed by atoms with E-state index < -0.39 is 15.8 Å². The Hall–Kier alpha value is -1.67. The third-order valence-electron chi connectivity index (χ3n) is 4.39. The predicted octanol–water partition coefficient (Wildman–Crippen LogP) is 3.02. The van der Waals surface area contributed by atoms with Crippen molar-refractivity contribution in [2.24, 2.45) is 0 Å². The molecule has 2 heterocycles. The Labute approximate surface area is 161 Å². The summed E-state index contributed by atoms with van der Waals surface area (Å²) in [6.45, 7) is 1.92. The van der Waals surface area contributed by atoms with Gasteiger partial charge in [-0.15, -0.1) is 0 Å². The molecular weight excluding hydrogens is 418 g/mol. The zero-order chi connectivity index (χ0) is 18.7. The lowest BCUT2D eigenvalue weighted by atomic mass is 9.94. The first-order chi connectivity index (χ1) is 12.4. The average molecular weight is 438 g/mol. The van der Waals surface area contributed by atoms with Crippen LogP contribution in [0.2, 0.25) is 0 Å². The highest BCUT2D eigenvalue weighted by Crippen LogP contribution is 2.30. The Balaban J connectivity index is 1.75. The van der Waals surface area contributed by atoms with Crippen molar-refractivity contribution in [3.8, 4) is 0 Å². The number of rotatable bonds is 8. The van der Waals surface area contributed by atoms with Gasteiger partial charge in [-0.1, -0.05) is 6.92 Å². The van der Waals surface area contributed by atoms with Gasteiger partial charge in [-0.2, -0.15) is 0 Å². The Kier molecular flexibility index (Phi) is 5.82. The minimum absolute atomic E-state index is 0.0111. The Morgan fingerprint density at radius 2 is 2.04 bits per heavy atom. The van der Waals surface area contributed by atoms with Crippen LogP contribution in [0.15, 0.2) is 35.1 Å². The van der Waals surface area contributed by atoms with Gasteiger partial charge in [0.1, 0.15) is 17.4 Å². The molecule has 1 aliphatic carbocycles. The van der Waals surface area contributed by atoms with Crippen LogP contribution in [0.25, 0.3) is 0 Å². The van der Waals surface area contributed by atoms with Gasteiger partial charge in [-0.3, -0.25) is 9.78 Å². The summed E-state index contributed by atoms with van der Waals surface area (Å²) in [5, 5.41) is -0.248. The predicted molar refractivity (Wildman–Crippen MR) is 101 cm³/mol. The fourth-order valence-corrected chi connectivity index (χ4v) is 4.64. The number of hydrogen-bond donors (Lipinski definition) is 0. The van der Waals surface area contributed by atoms with Crippen LogP contribution in [0.4, 0.5) is 0 Å². The zero-order valence-electron chi connectivity index (χ0n) is 14.4. The standard InChI is InChI=1S/C18H20BrN3O3S/c1-2-15(17(23)9-13-4-3-12(19)10-21-13)16-7-8-20-18(22-16)11-26(24,25)14-5-6-14/h3-4,7-8,10,14-15H,2,5-6,9,11H2,1H3. The number of carbonyl (C=O) groups is 1. The largest absolute Gasteiger partial charge is 0.299 e. The van der Waals surface area contributed by atoms with Crippen LogP contribution in [0.5, 0.6) is 0 Å². The third kappa shape index (κ3) is 4.73. The molecule has 1 aliphatic rings. The van der Waals surface area contributed by atoms with E-state index in [1.165, 1.54) is 6.20 Å². The summed E-state index contributed by atoms with van der Waals surface area (Å²) in [5.41, 5.74) is 1.27. The molecule has 8 heteroatoms. The van der Waals surface area contributed by atoms with Crippen molar-refractivity contribution in [3.05, 3.63) is 52.3 Å². The molecule has 0 aromatic carbocycles. The van der Waals surface area contributed by atoms with Crippen LogP contribution < -0.4 is 0 Å². The summed E-state index contributed by atoms with van der Waals surface area (Å²) < 4.78 is 25.2. The minimum atomic E-state index is -3.19. The minimum Gasteiger partial charge on any atom is -0.299 e. The van der Waals surface area contributed by atoms with Crippen molar-refractivity contribution in [2.75, 3.05) is 0 Å². The van der Waals surface area contributed by atoms with Crippen molar-refractivity contribution < 1.29 is 13.2 Å². The first-order valence-electron chi connectivity index (χ1n) is 8.55. The van der Waals surface area contributed by atoms with E-state index in [-0.39, 0.29) is 29.0 Å². The number of hydrogen-bond acceptors (Lipinski definition) is 6. The number of halogens is 1. The van der Waals surface area contributed by atoms with E-state index in [1.54, 1.807) is 12.3 Å². The lowest BCUT2D eigenvalue weighted by Crippen LogP contribution is -2.18. The molecule has 26 heavy (non-hydrogen) atoms. The Morgan fingerprint density at radius 1 is 1.27 bits per heavy atom. The number of pyridine rings is 1. The molecule has 0 aliphatic heterocycles. The van der Waals surface area contributed by atoms with E-state index in [0.717, 1.165) is 17.3 Å². The SMILES string of the molecule is CCC(C(=O)Cc1ccc(Br)cn1)c1ccnc(CS(=O)(=O)C2CC2)n1. The normalized spacial score (nSPS) is 15.6. The molecule has 0 saturated heterocycles. The molecule has 1 atom stereocenters. The van der Waals surface area contributed by atoms with Gasteiger partial charge in [0.15, 0.2) is 9.84 Å². The lowest BCUT2D eigenvalue weighted by Gasteiger charge is -2.14. The van der Waals surface area contributed by atoms with Crippen LogP contribution in [0.1, 0.15) is 49.3 Å². The van der Waals surface area contributed by atoms with E-state index in [1.807, 2.05) is 19.1 Å². The van der Waals surface area contributed by atoms with Gasteiger partial charge in [0, 0.05) is 29.0 Å². The third-order valence-corrected chi connectivity index (χ3v) is 7.00. The highest BCUT2D eigenvalue weighted by atomic mass is 79.9. The van der Waals surface area contributed by atoms with Gasteiger partial charge in [0.05, 0.1) is 16.9 Å². The van der Waals surface area contributed by atoms with Gasteiger partial charge in [-0.25, -0.2) is 18.4 Å². The number of aromatic nitrogens is 3. The van der Waals surface area contributed by atoms with Crippen LogP contribution >= 0.6 is 15.9 Å². The van der Waals surface area contributed by atoms with Crippen molar-refractivity contribution in [3.63, 3.8) is 0 Å². The number of Topliss-reactive ketones (excluding diaryl/α,β-unsaturated/α-hetero) is 1. The molecule has 0 bridgehead atoms. The molecule has 3 rings (SSSR count). The molecule has 138 valence electrons. The monoisotopic (exact) mass is 437 g/mol. The topological polar surface area (TPSA) is 89.9 Å². The fourth-order valence-electron chi connectivity index (χ4n) is 2.82. The molecule has 0 spiro atoms.